The van der Waals surface area contributed by atoms with Crippen LogP contribution < -0.4 is 51.4 Å². The molecule has 3 radical (unpaired) electrons. The average Bonchev–Trinajstić information content (AvgIpc) is 1.64. The SMILES string of the molecule is [B-]C1(F)COC1(F)F.[K+]. The van der Waals surface area contributed by atoms with E-state index in [1.807, 2.05) is 0 Å². The second kappa shape index (κ2) is 2.83. The summed E-state index contributed by atoms with van der Waals surface area (Å²) in [5.41, 5.74) is -2.94. The number of hydrogen-bond donors (Lipinski definition) is 0. The van der Waals surface area contributed by atoms with Gasteiger partial charge in [-0.05, 0) is 5.57 Å². The van der Waals surface area contributed by atoms with Gasteiger partial charge in [0, 0.05) is 0 Å². The summed E-state index contributed by atoms with van der Waals surface area (Å²) in [4.78, 5) is 0. The zero-order valence-corrected chi connectivity index (χ0v) is 7.95. The zero-order chi connectivity index (χ0) is 6.41. The van der Waals surface area contributed by atoms with Crippen molar-refractivity contribution in [3.05, 3.63) is 0 Å². The Morgan fingerprint density at radius 1 is 1.33 bits per heavy atom. The minimum absolute atomic E-state index is 0. The molecule has 0 N–H and O–H groups in total. The van der Waals surface area contributed by atoms with E-state index < -0.39 is 18.3 Å². The summed E-state index contributed by atoms with van der Waals surface area (Å²) in [5, 5.41) is 0. The Morgan fingerprint density at radius 3 is 1.67 bits per heavy atom. The van der Waals surface area contributed by atoms with Crippen molar-refractivity contribution in [2.75, 3.05) is 6.61 Å². The molecule has 1 fully saturated rings. The van der Waals surface area contributed by atoms with Gasteiger partial charge < -0.3 is 12.6 Å². The molecule has 0 bridgehead atoms. The first-order valence-corrected chi connectivity index (χ1v) is 1.95. The minimum atomic E-state index is -3.77. The van der Waals surface area contributed by atoms with Crippen LogP contribution in [0.2, 0.25) is 0 Å². The van der Waals surface area contributed by atoms with Gasteiger partial charge in [-0.2, -0.15) is 8.78 Å². The predicted molar refractivity (Wildman–Crippen MR) is 20.5 cm³/mol. The van der Waals surface area contributed by atoms with E-state index in [0.29, 0.717) is 0 Å². The van der Waals surface area contributed by atoms with Crippen molar-refractivity contribution >= 4 is 7.85 Å². The van der Waals surface area contributed by atoms with Crippen LogP contribution in [-0.4, -0.2) is 26.1 Å². The van der Waals surface area contributed by atoms with Gasteiger partial charge in [0.1, 0.15) is 0 Å². The van der Waals surface area contributed by atoms with Crippen LogP contribution >= 0.6 is 0 Å². The van der Waals surface area contributed by atoms with Crippen molar-refractivity contribution in [3.8, 4) is 0 Å². The van der Waals surface area contributed by atoms with Gasteiger partial charge in [-0.3, -0.25) is 4.39 Å². The zero-order valence-electron chi connectivity index (χ0n) is 4.83. The maximum absolute atomic E-state index is 11.9. The van der Waals surface area contributed by atoms with E-state index in [1.165, 1.54) is 0 Å². The Morgan fingerprint density at radius 2 is 1.67 bits per heavy atom. The Kier molecular flexibility index (Phi) is 3.28. The first-order chi connectivity index (χ1) is 3.46. The van der Waals surface area contributed by atoms with Gasteiger partial charge in [-0.1, -0.05) is 0 Å². The molecule has 1 heterocycles. The quantitative estimate of drug-likeness (QED) is 0.355. The minimum Gasteiger partial charge on any atom is -0.557 e. The van der Waals surface area contributed by atoms with Crippen LogP contribution in [0.25, 0.3) is 0 Å². The molecule has 0 aromatic rings. The molecule has 6 heteroatoms. The number of alkyl halides is 3. The van der Waals surface area contributed by atoms with Crippen molar-refractivity contribution in [3.63, 3.8) is 0 Å². The number of halogens is 3. The normalized spacial score (nSPS) is 38.7. The first-order valence-electron chi connectivity index (χ1n) is 1.95. The van der Waals surface area contributed by atoms with E-state index in [2.05, 4.69) is 12.6 Å². The monoisotopic (exact) mass is 161 g/mol. The van der Waals surface area contributed by atoms with Crippen LogP contribution in [0.3, 0.4) is 0 Å². The number of rotatable bonds is 0. The summed E-state index contributed by atoms with van der Waals surface area (Å²) in [6.07, 6.45) is -3.77. The smallest absolute Gasteiger partial charge is 0.557 e. The van der Waals surface area contributed by atoms with Crippen LogP contribution in [0.4, 0.5) is 13.2 Å². The molecular weight excluding hydrogens is 159 g/mol. The molecule has 9 heavy (non-hydrogen) atoms. The van der Waals surface area contributed by atoms with E-state index in [0.717, 1.165) is 0 Å². The molecule has 1 nitrogen and oxygen atoms in total. The molecule has 1 aliphatic heterocycles. The standard InChI is InChI=1S/C3H2BF3O.K/c4-2(5)1-8-3(2,6)7;/h1H2;/q-1;+1. The Balaban J connectivity index is 0.000000640. The van der Waals surface area contributed by atoms with E-state index in [9.17, 15) is 13.2 Å². The molecule has 1 unspecified atom stereocenters. The second-order valence-corrected chi connectivity index (χ2v) is 1.67. The van der Waals surface area contributed by atoms with Crippen LogP contribution in [0.5, 0.6) is 0 Å². The second-order valence-electron chi connectivity index (χ2n) is 1.67. The fraction of sp³-hybridized carbons (Fsp3) is 1.00. The van der Waals surface area contributed by atoms with E-state index >= 15 is 0 Å². The molecule has 1 rings (SSSR count). The van der Waals surface area contributed by atoms with Gasteiger partial charge in [-0.25, -0.2) is 0 Å². The van der Waals surface area contributed by atoms with Gasteiger partial charge in [0.25, 0.3) is 0 Å². The van der Waals surface area contributed by atoms with E-state index in [4.69, 9.17) is 0 Å². The van der Waals surface area contributed by atoms with Gasteiger partial charge in [0.15, 0.2) is 0 Å². The van der Waals surface area contributed by atoms with Crippen molar-refractivity contribution in [1.82, 2.24) is 0 Å². The molecule has 0 spiro atoms. The number of ether oxygens (including phenoxy) is 1. The molecule has 1 atom stereocenters. The summed E-state index contributed by atoms with van der Waals surface area (Å²) >= 11 is 0. The van der Waals surface area contributed by atoms with Crippen LogP contribution in [-0.2, 0) is 4.74 Å². The fourth-order valence-corrected chi connectivity index (χ4v) is 0.319. The van der Waals surface area contributed by atoms with Crippen molar-refractivity contribution < 1.29 is 69.3 Å². The molecule has 0 aliphatic carbocycles. The Bertz CT molecular complexity index is 104. The topological polar surface area (TPSA) is 9.23 Å². The maximum atomic E-state index is 11.9. The third-order valence-corrected chi connectivity index (χ3v) is 0.947. The molecule has 0 aromatic carbocycles. The molecule has 0 aromatic heterocycles. The molecular formula is C3H2BF3KO. The molecule has 0 saturated carbocycles. The fourth-order valence-electron chi connectivity index (χ4n) is 0.319. The summed E-state index contributed by atoms with van der Waals surface area (Å²) in [6, 6.07) is 0. The Hall–Kier alpha value is 1.45. The van der Waals surface area contributed by atoms with Gasteiger partial charge in [0.05, 0.1) is 6.61 Å². The average molecular weight is 161 g/mol. The summed E-state index contributed by atoms with van der Waals surface area (Å²) in [5.74, 6) is 0. The maximum Gasteiger partial charge on any atom is 1.00 e. The van der Waals surface area contributed by atoms with Gasteiger partial charge in [-0.15, -0.1) is 0 Å². The van der Waals surface area contributed by atoms with Crippen molar-refractivity contribution in [2.24, 2.45) is 0 Å². The molecule has 45 valence electrons. The largest absolute Gasteiger partial charge is 1.00 e. The van der Waals surface area contributed by atoms with E-state index in [1.54, 1.807) is 0 Å². The van der Waals surface area contributed by atoms with E-state index in [-0.39, 0.29) is 51.4 Å². The number of hydrogen-bond acceptors (Lipinski definition) is 1. The predicted octanol–water partition coefficient (Wildman–Crippen LogP) is -2.55. The summed E-state index contributed by atoms with van der Waals surface area (Å²) in [6.45, 7) is -0.722. The van der Waals surface area contributed by atoms with Gasteiger partial charge >= 0.3 is 57.5 Å². The molecule has 0 amide bonds. The summed E-state index contributed by atoms with van der Waals surface area (Å²) in [7, 11) is 4.36. The van der Waals surface area contributed by atoms with Crippen molar-refractivity contribution in [1.29, 1.82) is 0 Å². The molecule has 1 aliphatic rings. The van der Waals surface area contributed by atoms with Crippen LogP contribution in [0.15, 0.2) is 0 Å². The first kappa shape index (κ1) is 10.5. The van der Waals surface area contributed by atoms with Crippen molar-refractivity contribution in [2.45, 2.75) is 11.7 Å². The third-order valence-electron chi connectivity index (χ3n) is 0.947. The summed E-state index contributed by atoms with van der Waals surface area (Å²) < 4.78 is 38.6. The van der Waals surface area contributed by atoms with Crippen LogP contribution in [0.1, 0.15) is 0 Å². The van der Waals surface area contributed by atoms with Gasteiger partial charge in [0.2, 0.25) is 0 Å². The molecule has 1 saturated heterocycles. The Labute approximate surface area is 94.1 Å². The third kappa shape index (κ3) is 1.72. The van der Waals surface area contributed by atoms with Crippen LogP contribution in [0, 0.1) is 0 Å².